The van der Waals surface area contributed by atoms with Gasteiger partial charge in [-0.15, -0.1) is 40.7 Å². The van der Waals surface area contributed by atoms with E-state index in [2.05, 4.69) is 20.4 Å². The lowest BCUT2D eigenvalue weighted by Crippen LogP contribution is -1.72. The lowest BCUT2D eigenvalue weighted by atomic mass is 10.8. The molecule has 0 aliphatic rings. The second-order valence-corrected chi connectivity index (χ2v) is 18.1. The summed E-state index contributed by atoms with van der Waals surface area (Å²) in [6.45, 7) is 8.07. The van der Waals surface area contributed by atoms with Crippen molar-refractivity contribution in [2.24, 2.45) is 0 Å². The molecule has 0 aromatic carbocycles. The topological polar surface area (TPSA) is 0 Å². The van der Waals surface area contributed by atoms with Gasteiger partial charge >= 0.3 is 0 Å². The quantitative estimate of drug-likeness (QED) is 0.482. The Hall–Kier alpha value is 1.44. The van der Waals surface area contributed by atoms with E-state index in [4.69, 9.17) is 11.8 Å². The van der Waals surface area contributed by atoms with Crippen LogP contribution in [0, 0.1) is 0 Å². The fraction of sp³-hybridized carbons (Fsp3) is 0.714. The lowest BCUT2D eigenvalue weighted by molar-refractivity contribution is 1.54. The molecule has 0 radical (unpaired) electrons. The van der Waals surface area contributed by atoms with Crippen LogP contribution in [0.4, 0.5) is 0 Å². The summed E-state index contributed by atoms with van der Waals surface area (Å²) in [6, 6.07) is 0. The molecule has 0 nitrogen and oxygen atoms in total. The largest absolute Gasteiger partial charge is 0.109 e. The minimum Gasteiger partial charge on any atom is -0.104 e. The van der Waals surface area contributed by atoms with Crippen molar-refractivity contribution in [2.45, 2.75) is 13.8 Å². The molecular formula is C7H15PS4. The summed E-state index contributed by atoms with van der Waals surface area (Å²) < 4.78 is -1.22. The summed E-state index contributed by atoms with van der Waals surface area (Å²) in [5.74, 6) is 3.26. The molecule has 0 rings (SSSR count). The van der Waals surface area contributed by atoms with Crippen molar-refractivity contribution in [1.82, 2.24) is 0 Å². The number of rotatable bonds is 7. The smallest absolute Gasteiger partial charge is 0.104 e. The molecule has 0 saturated heterocycles. The maximum Gasteiger partial charge on any atom is 0.109 e. The maximum absolute atomic E-state index is 5.62. The highest BCUT2D eigenvalue weighted by Crippen LogP contribution is 2.77. The highest BCUT2D eigenvalue weighted by atomic mass is 33.5. The van der Waals surface area contributed by atoms with E-state index >= 15 is 0 Å². The highest BCUT2D eigenvalue weighted by molar-refractivity contribution is 9.23. The zero-order valence-corrected chi connectivity index (χ0v) is 11.6. The molecule has 12 heavy (non-hydrogen) atoms. The summed E-state index contributed by atoms with van der Waals surface area (Å²) in [4.78, 5) is 0. The summed E-state index contributed by atoms with van der Waals surface area (Å²) in [5.41, 5.74) is 0. The molecule has 5 heteroatoms. The van der Waals surface area contributed by atoms with Crippen molar-refractivity contribution in [3.05, 3.63) is 12.7 Å². The summed E-state index contributed by atoms with van der Waals surface area (Å²) >= 11 is 11.4. The number of hydrogen-bond donors (Lipinski definition) is 0. The van der Waals surface area contributed by atoms with Crippen LogP contribution < -0.4 is 0 Å². The van der Waals surface area contributed by atoms with Crippen LogP contribution in [0.15, 0.2) is 12.7 Å². The first-order chi connectivity index (χ1) is 5.68. The monoisotopic (exact) mass is 258 g/mol. The number of hydrogen-bond acceptors (Lipinski definition) is 4. The molecule has 0 N–H and O–H groups in total. The molecule has 0 saturated carbocycles. The fourth-order valence-corrected chi connectivity index (χ4v) is 14.5. The van der Waals surface area contributed by atoms with Crippen LogP contribution in [0.25, 0.3) is 0 Å². The van der Waals surface area contributed by atoms with Gasteiger partial charge in [0.2, 0.25) is 0 Å². The third kappa shape index (κ3) is 5.98. The average molecular weight is 258 g/mol. The lowest BCUT2D eigenvalue weighted by Gasteiger charge is -2.17. The molecule has 0 unspecified atom stereocenters. The van der Waals surface area contributed by atoms with E-state index in [1.54, 1.807) is 0 Å². The molecule has 0 atom stereocenters. The Labute approximate surface area is 93.0 Å². The zero-order valence-electron chi connectivity index (χ0n) is 7.49. The Kier molecular flexibility index (Phi) is 8.74. The van der Waals surface area contributed by atoms with Gasteiger partial charge < -0.3 is 0 Å². The molecule has 0 amide bonds. The van der Waals surface area contributed by atoms with Crippen molar-refractivity contribution in [3.8, 4) is 0 Å². The standard InChI is InChI=1S/C7H15PS4/c1-4-7-12-8(9,10-5-2)11-6-3/h4H,1,5-7H2,2-3H3. The van der Waals surface area contributed by atoms with Crippen LogP contribution in [-0.4, -0.2) is 17.3 Å². The summed E-state index contributed by atoms with van der Waals surface area (Å²) in [6.07, 6.45) is 1.94. The van der Waals surface area contributed by atoms with Gasteiger partial charge in [-0.3, -0.25) is 0 Å². The van der Waals surface area contributed by atoms with Crippen LogP contribution >= 0.6 is 37.8 Å². The van der Waals surface area contributed by atoms with E-state index in [1.165, 1.54) is 0 Å². The third-order valence-electron chi connectivity index (χ3n) is 0.925. The van der Waals surface area contributed by atoms with E-state index < -0.39 is 3.64 Å². The molecule has 0 aromatic heterocycles. The maximum atomic E-state index is 5.62. The van der Waals surface area contributed by atoms with E-state index in [0.29, 0.717) is 0 Å². The van der Waals surface area contributed by atoms with Gasteiger partial charge in [-0.1, -0.05) is 31.7 Å². The predicted octanol–water partition coefficient (Wildman–Crippen LogP) is 4.64. The van der Waals surface area contributed by atoms with Crippen LogP contribution in [0.1, 0.15) is 13.8 Å². The Bertz CT molecular complexity index is 159. The van der Waals surface area contributed by atoms with Gasteiger partial charge in [0.1, 0.15) is 3.64 Å². The van der Waals surface area contributed by atoms with Gasteiger partial charge in [0.15, 0.2) is 0 Å². The molecule has 0 spiro atoms. The first kappa shape index (κ1) is 13.4. The average Bonchev–Trinajstić information content (AvgIpc) is 2.02. The van der Waals surface area contributed by atoms with E-state index in [1.807, 2.05) is 40.2 Å². The predicted molar refractivity (Wildman–Crippen MR) is 73.2 cm³/mol. The minimum atomic E-state index is -1.22. The van der Waals surface area contributed by atoms with Crippen LogP contribution in [0.2, 0.25) is 0 Å². The van der Waals surface area contributed by atoms with Crippen molar-refractivity contribution in [2.75, 3.05) is 17.3 Å². The van der Waals surface area contributed by atoms with E-state index in [9.17, 15) is 0 Å². The van der Waals surface area contributed by atoms with Gasteiger partial charge in [-0.2, -0.15) is 0 Å². The van der Waals surface area contributed by atoms with Crippen molar-refractivity contribution in [1.29, 1.82) is 0 Å². The summed E-state index contributed by atoms with van der Waals surface area (Å²) in [5, 5.41) is 0. The zero-order chi connectivity index (χ0) is 9.45. The first-order valence-corrected chi connectivity index (χ1v) is 11.4. The van der Waals surface area contributed by atoms with Crippen molar-refractivity contribution in [3.63, 3.8) is 0 Å². The molecule has 0 aromatic rings. The molecule has 0 heterocycles. The van der Waals surface area contributed by atoms with E-state index in [-0.39, 0.29) is 0 Å². The summed E-state index contributed by atoms with van der Waals surface area (Å²) in [7, 11) is 0. The van der Waals surface area contributed by atoms with Crippen molar-refractivity contribution >= 4 is 49.6 Å². The molecule has 0 fully saturated rings. The molecule has 0 bridgehead atoms. The highest BCUT2D eigenvalue weighted by Gasteiger charge is 2.15. The molecule has 72 valence electrons. The van der Waals surface area contributed by atoms with Crippen LogP contribution in [0.5, 0.6) is 0 Å². The SMILES string of the molecule is C=CCSP(=S)(SCC)SCC. The Morgan fingerprint density at radius 1 is 1.25 bits per heavy atom. The van der Waals surface area contributed by atoms with Gasteiger partial charge in [0.25, 0.3) is 0 Å². The Morgan fingerprint density at radius 2 is 1.75 bits per heavy atom. The van der Waals surface area contributed by atoms with Crippen LogP contribution in [0.3, 0.4) is 0 Å². The van der Waals surface area contributed by atoms with Gasteiger partial charge in [-0.25, -0.2) is 0 Å². The van der Waals surface area contributed by atoms with Gasteiger partial charge in [-0.05, 0) is 11.5 Å². The van der Waals surface area contributed by atoms with Crippen molar-refractivity contribution < 1.29 is 0 Å². The second kappa shape index (κ2) is 7.81. The minimum absolute atomic E-state index is 0.997. The Balaban J connectivity index is 3.98. The normalized spacial score (nSPS) is 11.5. The second-order valence-electron chi connectivity index (χ2n) is 1.87. The van der Waals surface area contributed by atoms with Gasteiger partial charge in [0, 0.05) is 5.75 Å². The van der Waals surface area contributed by atoms with Crippen LogP contribution in [-0.2, 0) is 11.8 Å². The van der Waals surface area contributed by atoms with E-state index in [0.717, 1.165) is 17.3 Å². The third-order valence-corrected chi connectivity index (χ3v) is 16.2. The Morgan fingerprint density at radius 3 is 2.08 bits per heavy atom. The molecule has 0 aliphatic heterocycles. The van der Waals surface area contributed by atoms with Gasteiger partial charge in [0.05, 0.1) is 0 Å². The fourth-order valence-electron chi connectivity index (χ4n) is 0.572. The molecular weight excluding hydrogens is 243 g/mol. The molecule has 0 aliphatic carbocycles. The first-order valence-electron chi connectivity index (χ1n) is 3.83.